The minimum absolute atomic E-state index is 0.882. The number of imidazole rings is 1. The fourth-order valence-electron chi connectivity index (χ4n) is 11.4. The second-order valence-corrected chi connectivity index (χ2v) is 27.7. The van der Waals surface area contributed by atoms with Crippen LogP contribution in [0.1, 0.15) is 0 Å². The second-order valence-electron chi connectivity index (χ2n) is 18.0. The maximum atomic E-state index is 5.22. The van der Waals surface area contributed by atoms with Crippen LogP contribution in [-0.4, -0.2) is 34.9 Å². The maximum Gasteiger partial charge on any atom is 0.179 e. The molecule has 1 aliphatic rings. The Labute approximate surface area is 405 Å². The van der Waals surface area contributed by atoms with Gasteiger partial charge in [0.2, 0.25) is 0 Å². The van der Waals surface area contributed by atoms with Crippen LogP contribution < -0.4 is 41.2 Å². The predicted octanol–water partition coefficient (Wildman–Crippen LogP) is 9.73. The van der Waals surface area contributed by atoms with E-state index >= 15 is 0 Å². The maximum absolute atomic E-state index is 5.22. The van der Waals surface area contributed by atoms with Gasteiger partial charge < -0.3 is 9.13 Å². The molecule has 0 radical (unpaired) electrons. The minimum Gasteiger partial charge on any atom is -0.327 e. The minimum atomic E-state index is -3.12. The van der Waals surface area contributed by atoms with Gasteiger partial charge in [-0.1, -0.05) is 182 Å². The van der Waals surface area contributed by atoms with Crippen LogP contribution in [0.25, 0.3) is 49.9 Å². The summed E-state index contributed by atoms with van der Waals surface area (Å²) in [6.45, 7) is 0. The predicted molar refractivity (Wildman–Crippen MR) is 297 cm³/mol. The van der Waals surface area contributed by atoms with E-state index in [-0.39, 0.29) is 0 Å². The largest absolute Gasteiger partial charge is 0.327 e. The van der Waals surface area contributed by atoms with Gasteiger partial charge in [-0.25, -0.2) is 9.97 Å². The van der Waals surface area contributed by atoms with Crippen molar-refractivity contribution >= 4 is 111 Å². The molecule has 4 heterocycles. The summed E-state index contributed by atoms with van der Waals surface area (Å²) in [5.74, 6) is 1.83. The molecular weight excluding hydrogens is 890 g/mol. The quantitative estimate of drug-likeness (QED) is 0.0866. The van der Waals surface area contributed by atoms with Gasteiger partial charge in [0.05, 0.1) is 22.1 Å². The lowest BCUT2D eigenvalue weighted by Crippen LogP contribution is -2.75. The van der Waals surface area contributed by atoms with Crippen molar-refractivity contribution in [3.8, 4) is 17.1 Å². The summed E-state index contributed by atoms with van der Waals surface area (Å²) in [7, 11) is -0.367. The number of nitrogens with zero attached hydrogens (tertiary/aromatic N) is 5. The lowest BCUT2D eigenvalue weighted by atomic mass is 10.1. The van der Waals surface area contributed by atoms with Gasteiger partial charge in [-0.2, -0.15) is 0 Å². The highest BCUT2D eigenvalue weighted by molar-refractivity contribution is 7.79. The van der Waals surface area contributed by atoms with Gasteiger partial charge >= 0.3 is 0 Å². The third kappa shape index (κ3) is 6.25. The van der Waals surface area contributed by atoms with Gasteiger partial charge in [0.15, 0.2) is 15.8 Å². The van der Waals surface area contributed by atoms with Crippen LogP contribution in [0.15, 0.2) is 249 Å². The molecule has 0 fully saturated rings. The fourth-order valence-corrected chi connectivity index (χ4v) is 22.2. The van der Waals surface area contributed by atoms with Crippen LogP contribution in [0.4, 0.5) is 17.2 Å². The van der Waals surface area contributed by atoms with E-state index in [4.69, 9.17) is 9.97 Å². The number of rotatable bonds is 8. The summed E-state index contributed by atoms with van der Waals surface area (Å²) in [6, 6.07) is 89.7. The van der Waals surface area contributed by atoms with E-state index in [0.717, 1.165) is 45.3 Å². The van der Waals surface area contributed by atoms with E-state index in [1.54, 1.807) is 0 Å². The van der Waals surface area contributed by atoms with E-state index in [9.17, 15) is 0 Å². The van der Waals surface area contributed by atoms with Gasteiger partial charge in [0.25, 0.3) is 0 Å². The molecule has 0 saturated heterocycles. The number of hydrogen-bond donors (Lipinski definition) is 0. The van der Waals surface area contributed by atoms with Crippen LogP contribution in [0.3, 0.4) is 0 Å². The zero-order valence-corrected chi connectivity index (χ0v) is 41.1. The topological polar surface area (TPSA) is 38.9 Å². The van der Waals surface area contributed by atoms with Gasteiger partial charge in [0, 0.05) is 46.6 Å². The Morgan fingerprint density at radius 3 is 1.83 bits per heavy atom. The number of anilines is 3. The van der Waals surface area contributed by atoms with Gasteiger partial charge in [0.1, 0.15) is 11.6 Å². The van der Waals surface area contributed by atoms with Gasteiger partial charge in [-0.05, 0) is 97.0 Å². The van der Waals surface area contributed by atoms with Crippen molar-refractivity contribution in [3.63, 3.8) is 0 Å². The molecule has 1 aliphatic heterocycles. The van der Waals surface area contributed by atoms with Crippen molar-refractivity contribution in [1.82, 2.24) is 19.1 Å². The Morgan fingerprint density at radius 1 is 0.493 bits per heavy atom. The highest BCUT2D eigenvalue weighted by Crippen LogP contribution is 2.43. The van der Waals surface area contributed by atoms with E-state index in [1.807, 2.05) is 12.3 Å². The first-order chi connectivity index (χ1) is 34.0. The van der Waals surface area contributed by atoms with Crippen molar-refractivity contribution in [2.45, 2.75) is 0 Å². The SMILES string of the molecule is Cn1c(-c2cccc([Si](c3ccccc3)(c3ccccc3)c3ccc4c(c3)N(c3ccccn3)c3ccc5c(c3[Si]4(P)c3ccccc3)c3ccccc3n5-c3ccccc3)c2)nc2ccccc21. The number of benzene rings is 9. The monoisotopic (exact) mass is 935 g/mol. The van der Waals surface area contributed by atoms with E-state index in [2.05, 4.69) is 266 Å². The molecule has 0 aliphatic carbocycles. The molecule has 12 aromatic rings. The molecule has 0 N–H and O–H groups in total. The van der Waals surface area contributed by atoms with Gasteiger partial charge in [-0.15, -0.1) is 8.79 Å². The molecule has 2 atom stereocenters. The van der Waals surface area contributed by atoms with Crippen molar-refractivity contribution in [1.29, 1.82) is 0 Å². The second kappa shape index (κ2) is 16.4. The van der Waals surface area contributed by atoms with Crippen LogP contribution in [0.5, 0.6) is 0 Å². The molecule has 328 valence electrons. The molecule has 9 aromatic carbocycles. The lowest BCUT2D eigenvalue weighted by molar-refractivity contribution is 0.959. The Morgan fingerprint density at radius 2 is 1.12 bits per heavy atom. The smallest absolute Gasteiger partial charge is 0.179 e. The Kier molecular flexibility index (Phi) is 9.80. The average molecular weight is 936 g/mol. The van der Waals surface area contributed by atoms with E-state index in [0.29, 0.717) is 0 Å². The first-order valence-corrected chi connectivity index (χ1v) is 29.3. The molecule has 0 spiro atoms. The highest BCUT2D eigenvalue weighted by atomic mass is 31.3. The summed E-state index contributed by atoms with van der Waals surface area (Å²) in [5, 5.41) is 11.7. The summed E-state index contributed by atoms with van der Waals surface area (Å²) >= 11 is 0. The molecule has 69 heavy (non-hydrogen) atoms. The molecule has 0 bridgehead atoms. The number of para-hydroxylation sites is 4. The van der Waals surface area contributed by atoms with Crippen molar-refractivity contribution in [2.24, 2.45) is 7.05 Å². The number of pyridine rings is 1. The number of aryl methyl sites for hydroxylation is 1. The summed E-state index contributed by atoms with van der Waals surface area (Å²) in [6.07, 6.45) is 1.93. The molecule has 2 unspecified atom stereocenters. The average Bonchev–Trinajstić information content (AvgIpc) is 3.95. The standard InChI is InChI=1S/C61H46N5PSi2/c1-64-53-34-17-15-32-51(53)63-61(64)43-21-20-30-48(41-43)68(45-24-8-3-9-25-45,46-26-10-4-11-27-46)49-36-39-57-56(42-49)66(58-35-18-19-40-62-58)55-38-37-54-59(60(55)69(57,67)47-28-12-5-13-29-47)50-31-14-16-33-52(50)65(54)44-22-6-2-7-23-44/h2-42H,67H2,1H3. The summed E-state index contributed by atoms with van der Waals surface area (Å²) < 4.78 is 4.67. The Bertz CT molecular complexity index is 3840. The molecular formula is C61H46N5PSi2. The van der Waals surface area contributed by atoms with Crippen molar-refractivity contribution in [2.75, 3.05) is 4.90 Å². The molecule has 3 aromatic heterocycles. The van der Waals surface area contributed by atoms with E-state index in [1.165, 1.54) is 58.1 Å². The first-order valence-electron chi connectivity index (χ1n) is 23.5. The zero-order chi connectivity index (χ0) is 46.1. The van der Waals surface area contributed by atoms with Crippen molar-refractivity contribution < 1.29 is 0 Å². The molecule has 0 saturated carbocycles. The van der Waals surface area contributed by atoms with Crippen LogP contribution >= 0.6 is 8.79 Å². The molecule has 0 amide bonds. The Balaban J connectivity index is 1.14. The fraction of sp³-hybridized carbons (Fsp3) is 0.0164. The van der Waals surface area contributed by atoms with Crippen LogP contribution in [0.2, 0.25) is 0 Å². The zero-order valence-electron chi connectivity index (χ0n) is 38.0. The molecule has 8 heteroatoms. The van der Waals surface area contributed by atoms with E-state index < -0.39 is 15.8 Å². The summed E-state index contributed by atoms with van der Waals surface area (Å²) in [4.78, 5) is 12.9. The summed E-state index contributed by atoms with van der Waals surface area (Å²) in [5.41, 5.74) is 9.04. The molecule has 13 rings (SSSR count). The van der Waals surface area contributed by atoms with Gasteiger partial charge in [-0.3, -0.25) is 4.90 Å². The highest BCUT2D eigenvalue weighted by Gasteiger charge is 2.49. The van der Waals surface area contributed by atoms with Crippen molar-refractivity contribution in [3.05, 3.63) is 249 Å². The number of fused-ring (bicyclic) bond motifs is 7. The lowest BCUT2D eigenvalue weighted by Gasteiger charge is -2.44. The van der Waals surface area contributed by atoms with Crippen LogP contribution in [0, 0.1) is 0 Å². The third-order valence-corrected chi connectivity index (χ3v) is 25.8. The number of aromatic nitrogens is 4. The third-order valence-electron chi connectivity index (χ3n) is 14.4. The normalized spacial score (nSPS) is 14.6. The first kappa shape index (κ1) is 41.3. The number of hydrogen-bond acceptors (Lipinski definition) is 3. The Hall–Kier alpha value is -7.94. The molecule has 5 nitrogen and oxygen atoms in total. The van der Waals surface area contributed by atoms with Crippen LogP contribution in [-0.2, 0) is 7.05 Å².